The van der Waals surface area contributed by atoms with Gasteiger partial charge in [-0.15, -0.1) is 0 Å². The zero-order valence-corrected chi connectivity index (χ0v) is 40.8. The van der Waals surface area contributed by atoms with E-state index in [1.165, 1.54) is 5.40 Å². The van der Waals surface area contributed by atoms with E-state index < -0.39 is 30.9 Å². The molecule has 2 aliphatic rings. The molecule has 1 atom stereocenters. The van der Waals surface area contributed by atoms with Gasteiger partial charge < -0.3 is 9.97 Å². The van der Waals surface area contributed by atoms with Crippen molar-refractivity contribution in [3.63, 3.8) is 0 Å². The van der Waals surface area contributed by atoms with E-state index in [4.69, 9.17) is 28.0 Å². The molecule has 1 unspecified atom stereocenters. The summed E-state index contributed by atoms with van der Waals surface area (Å²) in [6, 6.07) is 30.1. The third kappa shape index (κ3) is 9.51. The van der Waals surface area contributed by atoms with E-state index in [1.807, 2.05) is 120 Å². The van der Waals surface area contributed by atoms with Crippen LogP contribution in [0.1, 0.15) is 48.9 Å². The molecule has 2 aromatic carbocycles. The summed E-state index contributed by atoms with van der Waals surface area (Å²) in [5, 5.41) is 20.3. The zero-order valence-electron chi connectivity index (χ0n) is 38.6. The summed E-state index contributed by atoms with van der Waals surface area (Å²) in [4.78, 5) is 25.8. The summed E-state index contributed by atoms with van der Waals surface area (Å²) in [6.45, 7) is 0. The lowest BCUT2D eigenvalue weighted by atomic mass is 9.96. The number of pyridine rings is 2. The quantitative estimate of drug-likeness (QED) is 0.105. The molecule has 15 nitrogen and oxygen atoms in total. The number of halogens is 2. The number of hydrogen-bond acceptors (Lipinski definition) is 11. The molecule has 20 heteroatoms. The predicted molar refractivity (Wildman–Crippen MR) is 275 cm³/mol. The molecule has 0 bridgehead atoms. The van der Waals surface area contributed by atoms with Crippen molar-refractivity contribution in [2.75, 3.05) is 29.3 Å². The van der Waals surface area contributed by atoms with E-state index in [2.05, 4.69) is 30.1 Å². The first-order chi connectivity index (χ1) is 34.1. The number of benzene rings is 2. The van der Waals surface area contributed by atoms with Crippen LogP contribution in [-0.4, -0.2) is 96.4 Å². The second kappa shape index (κ2) is 19.4. The van der Waals surface area contributed by atoms with E-state index in [0.717, 1.165) is 90.1 Å². The fraction of sp³-hybridized carbons (Fsp3) is 0.220. The van der Waals surface area contributed by atoms with Crippen LogP contribution in [-0.2, 0) is 19.7 Å². The highest BCUT2D eigenvalue weighted by molar-refractivity contribution is 8.16. The number of nitriles is 1. The van der Waals surface area contributed by atoms with Gasteiger partial charge in [-0.05, 0) is 55.1 Å². The van der Waals surface area contributed by atoms with Gasteiger partial charge in [0.05, 0.1) is 68.6 Å². The Kier molecular flexibility index (Phi) is 12.6. The topological polar surface area (TPSA) is 210 Å². The van der Waals surface area contributed by atoms with E-state index in [-0.39, 0.29) is 34.8 Å². The molecular weight excluding hydrogens is 969 g/mol. The number of aromatic amines is 2. The number of fused-ring (bicyclic) bond motifs is 6. The molecule has 0 spiro atoms. The Morgan fingerprint density at radius 2 is 1.14 bits per heavy atom. The maximum atomic E-state index is 12.0. The molecular formula is C50H45ClFN11O4S3. The minimum Gasteiger partial charge on any atom is -0.346 e. The third-order valence-corrected chi connectivity index (χ3v) is 16.7. The van der Waals surface area contributed by atoms with Gasteiger partial charge in [0, 0.05) is 81.6 Å². The number of hydrogen-bond donors (Lipinski definition) is 3. The molecule has 8 aromatic heterocycles. The van der Waals surface area contributed by atoms with Crippen LogP contribution in [0.25, 0.3) is 78.1 Å². The number of aromatic nitrogens is 10. The highest BCUT2D eigenvalue weighted by Crippen LogP contribution is 2.39. The summed E-state index contributed by atoms with van der Waals surface area (Å²) >= 11 is 3.41. The Labute approximate surface area is 411 Å². The first-order valence-electron chi connectivity index (χ1n) is 22.8. The third-order valence-electron chi connectivity index (χ3n) is 12.7. The molecule has 0 amide bonds. The van der Waals surface area contributed by atoms with Crippen molar-refractivity contribution in [2.45, 2.75) is 37.5 Å². The Balaban J connectivity index is 0.000000147. The van der Waals surface area contributed by atoms with Crippen LogP contribution in [0, 0.1) is 10.7 Å². The van der Waals surface area contributed by atoms with Gasteiger partial charge in [0.1, 0.15) is 37.5 Å². The molecule has 2 fully saturated rings. The Morgan fingerprint density at radius 3 is 1.61 bits per heavy atom. The molecule has 12 rings (SSSR count). The highest BCUT2D eigenvalue weighted by atomic mass is 35.5. The van der Waals surface area contributed by atoms with Crippen LogP contribution in [0.4, 0.5) is 3.89 Å². The van der Waals surface area contributed by atoms with Crippen LogP contribution < -0.4 is 0 Å². The fourth-order valence-corrected chi connectivity index (χ4v) is 12.3. The van der Waals surface area contributed by atoms with Gasteiger partial charge in [0.25, 0.3) is 0 Å². The van der Waals surface area contributed by atoms with E-state index in [1.54, 1.807) is 16.9 Å². The summed E-state index contributed by atoms with van der Waals surface area (Å²) in [5.74, 6) is 0.913. The number of thiocyanates is 1. The number of sulfone groups is 2. The summed E-state index contributed by atoms with van der Waals surface area (Å²) < 4.78 is 69.1. The van der Waals surface area contributed by atoms with Crippen LogP contribution >= 0.6 is 22.8 Å². The number of H-pyrrole nitrogens is 2. The Bertz CT molecular complexity index is 3810. The maximum Gasteiger partial charge on any atom is 0.165 e. The average Bonchev–Trinajstić information content (AvgIpc) is 4.21. The van der Waals surface area contributed by atoms with Crippen molar-refractivity contribution in [3.8, 4) is 50.2 Å². The summed E-state index contributed by atoms with van der Waals surface area (Å²) in [6.07, 6.45) is 14.1. The molecule has 356 valence electrons. The van der Waals surface area contributed by atoms with Crippen LogP contribution in [0.5, 0.6) is 0 Å². The number of rotatable bonds is 6. The second-order valence-corrected chi connectivity index (χ2v) is 23.2. The van der Waals surface area contributed by atoms with Gasteiger partial charge in [-0.3, -0.25) is 9.97 Å². The smallest absolute Gasteiger partial charge is 0.165 e. The lowest BCUT2D eigenvalue weighted by Crippen LogP contribution is -2.23. The summed E-state index contributed by atoms with van der Waals surface area (Å²) in [7, 11) is -5.91. The number of nitrogens with zero attached hydrogens (tertiary/aromatic N) is 9. The zero-order chi connectivity index (χ0) is 49.5. The van der Waals surface area contributed by atoms with Crippen molar-refractivity contribution in [1.29, 1.82) is 6.39 Å². The van der Waals surface area contributed by atoms with Crippen LogP contribution in [0.15, 0.2) is 128 Å². The van der Waals surface area contributed by atoms with Gasteiger partial charge in [0.2, 0.25) is 0 Å². The van der Waals surface area contributed by atoms with Crippen molar-refractivity contribution in [2.24, 2.45) is 0 Å². The predicted octanol–water partition coefficient (Wildman–Crippen LogP) is 10.1. The molecule has 0 saturated carbocycles. The molecule has 2 N–H and O–H groups in total. The Morgan fingerprint density at radius 1 is 0.671 bits per heavy atom. The minimum absolute atomic E-state index is 0.0238. The van der Waals surface area contributed by atoms with Crippen molar-refractivity contribution in [1.82, 2.24) is 49.1 Å². The van der Waals surface area contributed by atoms with Gasteiger partial charge >= 0.3 is 0 Å². The van der Waals surface area contributed by atoms with Crippen molar-refractivity contribution < 1.29 is 20.7 Å². The SMILES string of the molecule is O=S1(=O)CCC(c2nc3c(-c4ccc(-c5ccccc5)nc4)cnn3c3[nH]cc(Cl)c23)CC1.O=S1(=O)CCC(c2nc3c(-c4ccc(-c5ccccc5)nc4)cnn3c3[nH]ccc23)CC1.[2H]S(C)(F)C#N. The van der Waals surface area contributed by atoms with E-state index in [0.29, 0.717) is 36.4 Å². The average molecular weight is 1020 g/mol. The van der Waals surface area contributed by atoms with E-state index >= 15 is 0 Å². The molecule has 2 aliphatic heterocycles. The molecule has 10 heterocycles. The fourth-order valence-electron chi connectivity index (χ4n) is 9.12. The van der Waals surface area contributed by atoms with Gasteiger partial charge in [-0.2, -0.15) is 28.4 Å². The number of thiol groups is 1. The molecule has 0 radical (unpaired) electrons. The summed E-state index contributed by atoms with van der Waals surface area (Å²) in [5.41, 5.74) is 12.4. The Hall–Kier alpha value is -6.98. The molecule has 70 heavy (non-hydrogen) atoms. The van der Waals surface area contributed by atoms with Crippen molar-refractivity contribution >= 4 is 75.8 Å². The van der Waals surface area contributed by atoms with Gasteiger partial charge in [-0.1, -0.05) is 84.4 Å². The number of nitrogens with one attached hydrogen (secondary N) is 2. The van der Waals surface area contributed by atoms with Crippen molar-refractivity contribution in [3.05, 3.63) is 145 Å². The first kappa shape index (κ1) is 45.5. The highest BCUT2D eigenvalue weighted by Gasteiger charge is 2.31. The molecule has 0 aliphatic carbocycles. The largest absolute Gasteiger partial charge is 0.346 e. The lowest BCUT2D eigenvalue weighted by molar-refractivity contribution is 0.545. The molecule has 2 saturated heterocycles. The normalized spacial score (nSPS) is 17.4. The lowest BCUT2D eigenvalue weighted by Gasteiger charge is -2.22. The standard InChI is InChI=1S/C24H20ClN5O2S.C24H21N5O2S.C2H4FNS/c25-19-14-27-24-21(19)22(16-8-10-33(31,32)11-9-16)29-23-18(13-28-30(23)24)17-6-7-20(26-12-17)15-4-2-1-3-5-15;30-32(31)12-9-17(10-13-32)22-19-8-11-25-23(19)29-24(28-22)20(15-27-29)18-6-7-21(26-14-18)16-4-2-1-3-5-16;1-5(3)2-4/h1-7,12-14,16,27H,8-11H2;1-8,11,14-15,17,25H,9-10,12-13H2;5H,1H3/i;;5D. The minimum atomic E-state index is -3.11. The van der Waals surface area contributed by atoms with Crippen LogP contribution in [0.3, 0.4) is 0 Å². The van der Waals surface area contributed by atoms with Crippen LogP contribution in [0.2, 0.25) is 5.02 Å². The van der Waals surface area contributed by atoms with Gasteiger partial charge in [-0.25, -0.2) is 26.8 Å². The van der Waals surface area contributed by atoms with E-state index in [9.17, 15) is 20.7 Å². The van der Waals surface area contributed by atoms with Gasteiger partial charge in [0.15, 0.2) is 11.3 Å². The first-order valence-corrected chi connectivity index (χ1v) is 28.0. The molecule has 10 aromatic rings. The second-order valence-electron chi connectivity index (χ2n) is 17.2. The monoisotopic (exact) mass is 1010 g/mol. The maximum absolute atomic E-state index is 12.0.